The number of amides is 1. The molecule has 2 rings (SSSR count). The van der Waals surface area contributed by atoms with Gasteiger partial charge in [0.15, 0.2) is 6.61 Å². The minimum absolute atomic E-state index is 0.134. The van der Waals surface area contributed by atoms with Gasteiger partial charge in [-0.2, -0.15) is 13.2 Å². The Morgan fingerprint density at radius 3 is 2.68 bits per heavy atom. The first-order valence-electron chi connectivity index (χ1n) is 5.25. The number of ether oxygens (including phenoxy) is 1. The highest BCUT2D eigenvalue weighted by Gasteiger charge is 2.33. The number of halogens is 3. The second kappa shape index (κ2) is 4.75. The molecule has 2 N–H and O–H groups in total. The Labute approximate surface area is 106 Å². The highest BCUT2D eigenvalue weighted by atomic mass is 19.4. The fourth-order valence-corrected chi connectivity index (χ4v) is 1.65. The smallest absolute Gasteiger partial charge is 0.418 e. The van der Waals surface area contributed by atoms with E-state index in [0.717, 1.165) is 6.07 Å². The predicted molar refractivity (Wildman–Crippen MR) is 61.4 cm³/mol. The van der Waals surface area contributed by atoms with E-state index >= 15 is 0 Å². The van der Waals surface area contributed by atoms with E-state index in [9.17, 15) is 18.0 Å². The van der Waals surface area contributed by atoms with Crippen LogP contribution >= 0.6 is 0 Å². The SMILES string of the molecule is NC(=O)COc1ccnc2c(C(F)(F)F)cccc12. The number of para-hydroxylation sites is 1. The molecule has 0 bridgehead atoms. The summed E-state index contributed by atoms with van der Waals surface area (Å²) >= 11 is 0. The van der Waals surface area contributed by atoms with Gasteiger partial charge >= 0.3 is 6.18 Å². The molecule has 7 heteroatoms. The normalized spacial score (nSPS) is 11.5. The van der Waals surface area contributed by atoms with Crippen molar-refractivity contribution >= 4 is 16.8 Å². The molecule has 19 heavy (non-hydrogen) atoms. The lowest BCUT2D eigenvalue weighted by Crippen LogP contribution is -2.20. The van der Waals surface area contributed by atoms with Crippen LogP contribution in [0.25, 0.3) is 10.9 Å². The number of primary amides is 1. The Kier molecular flexibility index (Phi) is 3.28. The fraction of sp³-hybridized carbons (Fsp3) is 0.167. The van der Waals surface area contributed by atoms with Gasteiger partial charge in [-0.15, -0.1) is 0 Å². The third-order valence-electron chi connectivity index (χ3n) is 2.41. The van der Waals surface area contributed by atoms with Gasteiger partial charge < -0.3 is 10.5 Å². The summed E-state index contributed by atoms with van der Waals surface area (Å²) in [5, 5.41) is 0.179. The van der Waals surface area contributed by atoms with Crippen molar-refractivity contribution in [2.75, 3.05) is 6.61 Å². The molecule has 0 spiro atoms. The molecule has 0 aliphatic carbocycles. The third-order valence-corrected chi connectivity index (χ3v) is 2.41. The van der Waals surface area contributed by atoms with Gasteiger partial charge in [-0.3, -0.25) is 9.78 Å². The van der Waals surface area contributed by atoms with Gasteiger partial charge in [0.05, 0.1) is 11.1 Å². The molecule has 0 aliphatic rings. The van der Waals surface area contributed by atoms with E-state index in [2.05, 4.69) is 4.98 Å². The third kappa shape index (κ3) is 2.75. The van der Waals surface area contributed by atoms with Crippen LogP contribution in [0.1, 0.15) is 5.56 Å². The first-order chi connectivity index (χ1) is 8.89. The molecule has 1 aromatic carbocycles. The first-order valence-corrected chi connectivity index (χ1v) is 5.25. The fourth-order valence-electron chi connectivity index (χ4n) is 1.65. The summed E-state index contributed by atoms with van der Waals surface area (Å²) in [5.74, 6) is -0.577. The zero-order chi connectivity index (χ0) is 14.0. The van der Waals surface area contributed by atoms with E-state index in [1.807, 2.05) is 0 Å². The van der Waals surface area contributed by atoms with Crippen molar-refractivity contribution < 1.29 is 22.7 Å². The van der Waals surface area contributed by atoms with E-state index in [4.69, 9.17) is 10.5 Å². The quantitative estimate of drug-likeness (QED) is 0.929. The Morgan fingerprint density at radius 2 is 2.05 bits per heavy atom. The van der Waals surface area contributed by atoms with Crippen LogP contribution in [0.2, 0.25) is 0 Å². The summed E-state index contributed by atoms with van der Waals surface area (Å²) in [6, 6.07) is 5.01. The monoisotopic (exact) mass is 270 g/mol. The average molecular weight is 270 g/mol. The molecule has 0 aliphatic heterocycles. The van der Waals surface area contributed by atoms with Gasteiger partial charge in [0, 0.05) is 11.6 Å². The molecule has 2 aromatic rings. The van der Waals surface area contributed by atoms with Crippen molar-refractivity contribution in [2.45, 2.75) is 6.18 Å². The molecule has 4 nitrogen and oxygen atoms in total. The van der Waals surface area contributed by atoms with Crippen molar-refractivity contribution in [2.24, 2.45) is 5.73 Å². The van der Waals surface area contributed by atoms with E-state index < -0.39 is 24.3 Å². The standard InChI is InChI=1S/C12H9F3N2O2/c13-12(14,15)8-3-1-2-7-9(19-6-10(16)18)4-5-17-11(7)8/h1-5H,6H2,(H2,16,18). The second-order valence-electron chi connectivity index (χ2n) is 3.76. The van der Waals surface area contributed by atoms with Crippen LogP contribution < -0.4 is 10.5 Å². The highest BCUT2D eigenvalue weighted by Crippen LogP contribution is 2.36. The van der Waals surface area contributed by atoms with Crippen LogP contribution in [0.5, 0.6) is 5.75 Å². The molecule has 0 saturated carbocycles. The zero-order valence-corrected chi connectivity index (χ0v) is 9.57. The Bertz CT molecular complexity index is 626. The number of aromatic nitrogens is 1. The Balaban J connectivity index is 2.54. The van der Waals surface area contributed by atoms with Crippen molar-refractivity contribution in [3.63, 3.8) is 0 Å². The number of hydrogen-bond donors (Lipinski definition) is 1. The molecule has 0 fully saturated rings. The first kappa shape index (κ1) is 13.1. The molecular formula is C12H9F3N2O2. The highest BCUT2D eigenvalue weighted by molar-refractivity contribution is 5.88. The molecule has 100 valence electrons. The number of pyridine rings is 1. The number of carbonyl (C=O) groups excluding carboxylic acids is 1. The van der Waals surface area contributed by atoms with E-state index in [-0.39, 0.29) is 16.7 Å². The molecular weight excluding hydrogens is 261 g/mol. The molecule has 0 saturated heterocycles. The van der Waals surface area contributed by atoms with Crippen LogP contribution in [-0.2, 0) is 11.0 Å². The molecule has 1 amide bonds. The summed E-state index contributed by atoms with van der Waals surface area (Å²) in [6.45, 7) is -0.407. The maximum atomic E-state index is 12.8. The number of nitrogens with two attached hydrogens (primary N) is 1. The van der Waals surface area contributed by atoms with Gasteiger partial charge in [-0.1, -0.05) is 6.07 Å². The predicted octanol–water partition coefficient (Wildman–Crippen LogP) is 2.12. The van der Waals surface area contributed by atoms with Crippen LogP contribution in [-0.4, -0.2) is 17.5 Å². The second-order valence-corrected chi connectivity index (χ2v) is 3.76. The Hall–Kier alpha value is -2.31. The summed E-state index contributed by atoms with van der Waals surface area (Å²) in [5.41, 5.74) is 3.85. The number of alkyl halides is 3. The minimum Gasteiger partial charge on any atom is -0.483 e. The number of nitrogens with zero attached hydrogens (tertiary/aromatic N) is 1. The number of fused-ring (bicyclic) bond motifs is 1. The van der Waals surface area contributed by atoms with Crippen molar-refractivity contribution in [3.05, 3.63) is 36.0 Å². The Morgan fingerprint density at radius 1 is 1.32 bits per heavy atom. The lowest BCUT2D eigenvalue weighted by molar-refractivity contribution is -0.136. The molecule has 1 heterocycles. The zero-order valence-electron chi connectivity index (χ0n) is 9.57. The maximum Gasteiger partial charge on any atom is 0.418 e. The van der Waals surface area contributed by atoms with Crippen molar-refractivity contribution in [1.29, 1.82) is 0 Å². The van der Waals surface area contributed by atoms with Gasteiger partial charge in [0.25, 0.3) is 5.91 Å². The van der Waals surface area contributed by atoms with Gasteiger partial charge in [0.1, 0.15) is 5.75 Å². The summed E-state index contributed by atoms with van der Waals surface area (Å²) in [6.07, 6.45) is -3.32. The number of carbonyl (C=O) groups is 1. The summed E-state index contributed by atoms with van der Waals surface area (Å²) < 4.78 is 43.5. The molecule has 1 aromatic heterocycles. The van der Waals surface area contributed by atoms with Gasteiger partial charge in [0.2, 0.25) is 0 Å². The minimum atomic E-state index is -4.51. The van der Waals surface area contributed by atoms with E-state index in [0.29, 0.717) is 0 Å². The largest absolute Gasteiger partial charge is 0.483 e. The lowest BCUT2D eigenvalue weighted by atomic mass is 10.1. The van der Waals surface area contributed by atoms with Crippen LogP contribution in [0.4, 0.5) is 13.2 Å². The van der Waals surface area contributed by atoms with Crippen LogP contribution in [0.15, 0.2) is 30.5 Å². The van der Waals surface area contributed by atoms with Crippen molar-refractivity contribution in [3.8, 4) is 5.75 Å². The van der Waals surface area contributed by atoms with Crippen LogP contribution in [0.3, 0.4) is 0 Å². The average Bonchev–Trinajstić information content (AvgIpc) is 2.34. The molecule has 0 atom stereocenters. The summed E-state index contributed by atoms with van der Waals surface area (Å²) in [7, 11) is 0. The number of benzene rings is 1. The number of hydrogen-bond acceptors (Lipinski definition) is 3. The maximum absolute atomic E-state index is 12.8. The van der Waals surface area contributed by atoms with Gasteiger partial charge in [-0.05, 0) is 18.2 Å². The number of rotatable bonds is 3. The lowest BCUT2D eigenvalue weighted by Gasteiger charge is -2.12. The van der Waals surface area contributed by atoms with Crippen LogP contribution in [0, 0.1) is 0 Å². The molecule has 0 unspecified atom stereocenters. The van der Waals surface area contributed by atoms with E-state index in [1.54, 1.807) is 0 Å². The van der Waals surface area contributed by atoms with Crippen molar-refractivity contribution in [1.82, 2.24) is 4.98 Å². The summed E-state index contributed by atoms with van der Waals surface area (Å²) in [4.78, 5) is 14.4. The topological polar surface area (TPSA) is 65.2 Å². The molecule has 0 radical (unpaired) electrons. The van der Waals surface area contributed by atoms with E-state index in [1.165, 1.54) is 24.4 Å². The van der Waals surface area contributed by atoms with Gasteiger partial charge in [-0.25, -0.2) is 0 Å².